The predicted molar refractivity (Wildman–Crippen MR) is 74.5 cm³/mol. The Kier molecular flexibility index (Phi) is 6.29. The SMILES string of the molecule is CCC(C)N(C)CCNCc1ncnn1C(C)C. The average Bonchev–Trinajstić information content (AvgIpc) is 2.81. The molecule has 5 nitrogen and oxygen atoms in total. The van der Waals surface area contributed by atoms with Crippen LogP contribution < -0.4 is 5.32 Å². The van der Waals surface area contributed by atoms with E-state index in [0.29, 0.717) is 12.1 Å². The van der Waals surface area contributed by atoms with Gasteiger partial charge in [-0.25, -0.2) is 9.67 Å². The van der Waals surface area contributed by atoms with E-state index in [1.165, 1.54) is 6.42 Å². The first-order valence-corrected chi connectivity index (χ1v) is 6.85. The first-order chi connectivity index (χ1) is 8.56. The van der Waals surface area contributed by atoms with Crippen molar-refractivity contribution in [2.75, 3.05) is 20.1 Å². The summed E-state index contributed by atoms with van der Waals surface area (Å²) in [5.41, 5.74) is 0. The normalized spacial score (nSPS) is 13.5. The van der Waals surface area contributed by atoms with Crippen LogP contribution in [0.2, 0.25) is 0 Å². The molecule has 1 heterocycles. The van der Waals surface area contributed by atoms with Crippen LogP contribution in [0.25, 0.3) is 0 Å². The molecule has 0 aliphatic heterocycles. The molecule has 0 fully saturated rings. The summed E-state index contributed by atoms with van der Waals surface area (Å²) in [5, 5.41) is 7.65. The smallest absolute Gasteiger partial charge is 0.141 e. The van der Waals surface area contributed by atoms with Crippen LogP contribution in [0.1, 0.15) is 46.0 Å². The van der Waals surface area contributed by atoms with Gasteiger partial charge in [0.25, 0.3) is 0 Å². The van der Waals surface area contributed by atoms with Crippen molar-refractivity contribution >= 4 is 0 Å². The molecule has 104 valence electrons. The summed E-state index contributed by atoms with van der Waals surface area (Å²) >= 11 is 0. The van der Waals surface area contributed by atoms with Crippen LogP contribution in [0.3, 0.4) is 0 Å². The van der Waals surface area contributed by atoms with E-state index < -0.39 is 0 Å². The summed E-state index contributed by atoms with van der Waals surface area (Å²) < 4.78 is 1.96. The summed E-state index contributed by atoms with van der Waals surface area (Å²) in [5.74, 6) is 1.01. The summed E-state index contributed by atoms with van der Waals surface area (Å²) in [4.78, 5) is 6.66. The Morgan fingerprint density at radius 2 is 2.11 bits per heavy atom. The molecule has 1 atom stereocenters. The van der Waals surface area contributed by atoms with E-state index in [9.17, 15) is 0 Å². The van der Waals surface area contributed by atoms with Gasteiger partial charge < -0.3 is 10.2 Å². The van der Waals surface area contributed by atoms with Gasteiger partial charge in [-0.2, -0.15) is 5.10 Å². The highest BCUT2D eigenvalue weighted by molar-refractivity contribution is 4.85. The molecule has 0 aliphatic rings. The van der Waals surface area contributed by atoms with Gasteiger partial charge in [0.1, 0.15) is 12.2 Å². The fourth-order valence-electron chi connectivity index (χ4n) is 1.82. The summed E-state index contributed by atoms with van der Waals surface area (Å²) in [7, 11) is 2.17. The van der Waals surface area contributed by atoms with Gasteiger partial charge in [-0.15, -0.1) is 0 Å². The quantitative estimate of drug-likeness (QED) is 0.716. The number of nitrogens with one attached hydrogen (secondary N) is 1. The van der Waals surface area contributed by atoms with E-state index in [0.717, 1.165) is 25.5 Å². The molecular formula is C13H27N5. The van der Waals surface area contributed by atoms with Crippen LogP contribution in [-0.2, 0) is 6.54 Å². The van der Waals surface area contributed by atoms with E-state index in [1.54, 1.807) is 6.33 Å². The molecule has 1 aromatic heterocycles. The Morgan fingerprint density at radius 3 is 2.72 bits per heavy atom. The molecule has 1 rings (SSSR count). The van der Waals surface area contributed by atoms with Crippen molar-refractivity contribution in [1.29, 1.82) is 0 Å². The lowest BCUT2D eigenvalue weighted by Crippen LogP contribution is -2.35. The molecule has 0 bridgehead atoms. The van der Waals surface area contributed by atoms with Gasteiger partial charge in [-0.05, 0) is 34.2 Å². The maximum absolute atomic E-state index is 4.28. The molecule has 0 aliphatic carbocycles. The number of rotatable bonds is 8. The van der Waals surface area contributed by atoms with Crippen molar-refractivity contribution < 1.29 is 0 Å². The number of aromatic nitrogens is 3. The van der Waals surface area contributed by atoms with Crippen LogP contribution in [0.5, 0.6) is 0 Å². The van der Waals surface area contributed by atoms with Crippen LogP contribution >= 0.6 is 0 Å². The van der Waals surface area contributed by atoms with Crippen molar-refractivity contribution in [3.05, 3.63) is 12.2 Å². The third-order valence-corrected chi connectivity index (χ3v) is 3.40. The third kappa shape index (κ3) is 4.38. The minimum absolute atomic E-state index is 0.368. The lowest BCUT2D eigenvalue weighted by molar-refractivity contribution is 0.251. The number of hydrogen-bond donors (Lipinski definition) is 1. The molecule has 0 saturated carbocycles. The largest absolute Gasteiger partial charge is 0.309 e. The molecule has 1 unspecified atom stereocenters. The molecule has 1 N–H and O–H groups in total. The van der Waals surface area contributed by atoms with Crippen molar-refractivity contribution in [1.82, 2.24) is 25.0 Å². The molecule has 0 radical (unpaired) electrons. The molecule has 1 aromatic rings. The van der Waals surface area contributed by atoms with E-state index >= 15 is 0 Å². The van der Waals surface area contributed by atoms with Crippen molar-refractivity contribution in [3.63, 3.8) is 0 Å². The van der Waals surface area contributed by atoms with E-state index in [1.807, 2.05) is 4.68 Å². The second kappa shape index (κ2) is 7.48. The molecule has 0 spiro atoms. The first-order valence-electron chi connectivity index (χ1n) is 6.85. The van der Waals surface area contributed by atoms with Gasteiger partial charge >= 0.3 is 0 Å². The first kappa shape index (κ1) is 15.1. The average molecular weight is 253 g/mol. The highest BCUT2D eigenvalue weighted by Gasteiger charge is 2.08. The number of likely N-dealkylation sites (N-methyl/N-ethyl adjacent to an activating group) is 1. The van der Waals surface area contributed by atoms with Gasteiger partial charge in [0.2, 0.25) is 0 Å². The van der Waals surface area contributed by atoms with Crippen molar-refractivity contribution in [2.45, 2.75) is 52.7 Å². The topological polar surface area (TPSA) is 46.0 Å². The van der Waals surface area contributed by atoms with Gasteiger partial charge in [0.15, 0.2) is 0 Å². The minimum atomic E-state index is 0.368. The maximum atomic E-state index is 4.28. The van der Waals surface area contributed by atoms with Crippen LogP contribution in [0.15, 0.2) is 6.33 Å². The minimum Gasteiger partial charge on any atom is -0.309 e. The Balaban J connectivity index is 2.27. The fraction of sp³-hybridized carbons (Fsp3) is 0.846. The van der Waals surface area contributed by atoms with Crippen LogP contribution in [0, 0.1) is 0 Å². The number of nitrogens with zero attached hydrogens (tertiary/aromatic N) is 4. The lowest BCUT2D eigenvalue weighted by atomic mass is 10.2. The Hall–Kier alpha value is -0.940. The second-order valence-corrected chi connectivity index (χ2v) is 5.13. The van der Waals surface area contributed by atoms with E-state index in [2.05, 4.69) is 55.0 Å². The zero-order valence-electron chi connectivity index (χ0n) is 12.3. The fourth-order valence-corrected chi connectivity index (χ4v) is 1.82. The zero-order valence-corrected chi connectivity index (χ0v) is 12.3. The standard InChI is InChI=1S/C13H27N5/c1-6-12(4)17(5)8-7-14-9-13-15-10-16-18(13)11(2)3/h10-12,14H,6-9H2,1-5H3. The number of hydrogen-bond acceptors (Lipinski definition) is 4. The molecule has 5 heteroatoms. The summed E-state index contributed by atoms with van der Waals surface area (Å²) in [6.45, 7) is 11.5. The van der Waals surface area contributed by atoms with Gasteiger partial charge in [0.05, 0.1) is 6.54 Å². The Bertz CT molecular complexity index is 334. The van der Waals surface area contributed by atoms with E-state index in [4.69, 9.17) is 0 Å². The summed E-state index contributed by atoms with van der Waals surface area (Å²) in [6, 6.07) is 1.01. The maximum Gasteiger partial charge on any atom is 0.141 e. The van der Waals surface area contributed by atoms with E-state index in [-0.39, 0.29) is 0 Å². The van der Waals surface area contributed by atoms with Gasteiger partial charge in [-0.1, -0.05) is 6.92 Å². The lowest BCUT2D eigenvalue weighted by Gasteiger charge is -2.23. The van der Waals surface area contributed by atoms with Crippen LogP contribution in [0.4, 0.5) is 0 Å². The second-order valence-electron chi connectivity index (χ2n) is 5.13. The van der Waals surface area contributed by atoms with Gasteiger partial charge in [-0.3, -0.25) is 0 Å². The third-order valence-electron chi connectivity index (χ3n) is 3.40. The van der Waals surface area contributed by atoms with Crippen molar-refractivity contribution in [2.24, 2.45) is 0 Å². The highest BCUT2D eigenvalue weighted by Crippen LogP contribution is 2.04. The highest BCUT2D eigenvalue weighted by atomic mass is 15.4. The molecule has 0 aromatic carbocycles. The Morgan fingerprint density at radius 1 is 1.39 bits per heavy atom. The molecule has 18 heavy (non-hydrogen) atoms. The predicted octanol–water partition coefficient (Wildman–Crippen LogP) is 1.68. The van der Waals surface area contributed by atoms with Gasteiger partial charge in [0, 0.05) is 25.2 Å². The molecular weight excluding hydrogens is 226 g/mol. The Labute approximate surface area is 111 Å². The van der Waals surface area contributed by atoms with Crippen LogP contribution in [-0.4, -0.2) is 45.8 Å². The molecule has 0 amide bonds. The molecule has 0 saturated heterocycles. The monoisotopic (exact) mass is 253 g/mol. The summed E-state index contributed by atoms with van der Waals surface area (Å²) in [6.07, 6.45) is 2.82. The van der Waals surface area contributed by atoms with Crippen molar-refractivity contribution in [3.8, 4) is 0 Å². The zero-order chi connectivity index (χ0) is 13.5.